The Kier molecular flexibility index (Phi) is 3.57. The van der Waals surface area contributed by atoms with E-state index in [2.05, 4.69) is 5.16 Å². The highest BCUT2D eigenvalue weighted by Gasteiger charge is 2.18. The first kappa shape index (κ1) is 13.9. The summed E-state index contributed by atoms with van der Waals surface area (Å²) >= 11 is 11.9. The number of aromatic nitrogens is 1. The maximum atomic E-state index is 13.0. The fraction of sp³-hybridized carbons (Fsp3) is 0. The molecule has 0 unspecified atom stereocenters. The largest absolute Gasteiger partial charge is 0.367 e. The SMILES string of the molecule is Nc1onc(-c2ccc(F)cc2)c1-c1ccc(Cl)c(Cl)c1. The summed E-state index contributed by atoms with van der Waals surface area (Å²) < 4.78 is 18.1. The number of halogens is 3. The van der Waals surface area contributed by atoms with Crippen molar-refractivity contribution in [3.05, 3.63) is 58.3 Å². The first-order valence-corrected chi connectivity index (χ1v) is 6.78. The lowest BCUT2D eigenvalue weighted by atomic mass is 10.0. The molecule has 0 aliphatic rings. The van der Waals surface area contributed by atoms with E-state index in [1.165, 1.54) is 12.1 Å². The van der Waals surface area contributed by atoms with E-state index in [0.29, 0.717) is 26.9 Å². The number of hydrogen-bond acceptors (Lipinski definition) is 3. The summed E-state index contributed by atoms with van der Waals surface area (Å²) in [5.41, 5.74) is 8.38. The molecule has 21 heavy (non-hydrogen) atoms. The topological polar surface area (TPSA) is 52.0 Å². The average molecular weight is 323 g/mol. The van der Waals surface area contributed by atoms with Crippen molar-refractivity contribution in [1.29, 1.82) is 0 Å². The standard InChI is InChI=1S/C15H9Cl2FN2O/c16-11-6-3-9(7-12(11)17)13-14(20-21-15(13)19)8-1-4-10(18)5-2-8/h1-7H,19H2. The number of benzene rings is 2. The van der Waals surface area contributed by atoms with E-state index in [1.54, 1.807) is 30.3 Å². The third kappa shape index (κ3) is 2.60. The molecule has 106 valence electrons. The van der Waals surface area contributed by atoms with Crippen molar-refractivity contribution < 1.29 is 8.91 Å². The Morgan fingerprint density at radius 3 is 2.29 bits per heavy atom. The molecule has 0 bridgehead atoms. The van der Waals surface area contributed by atoms with Gasteiger partial charge in [-0.1, -0.05) is 34.4 Å². The van der Waals surface area contributed by atoms with E-state index >= 15 is 0 Å². The van der Waals surface area contributed by atoms with Crippen LogP contribution < -0.4 is 5.73 Å². The minimum absolute atomic E-state index is 0.160. The second-order valence-corrected chi connectivity index (χ2v) is 5.22. The van der Waals surface area contributed by atoms with Crippen molar-refractivity contribution in [3.8, 4) is 22.4 Å². The molecule has 0 aliphatic heterocycles. The van der Waals surface area contributed by atoms with Crippen LogP contribution in [0.5, 0.6) is 0 Å². The van der Waals surface area contributed by atoms with E-state index in [1.807, 2.05) is 0 Å². The molecule has 0 saturated heterocycles. The maximum Gasteiger partial charge on any atom is 0.230 e. The zero-order valence-corrected chi connectivity index (χ0v) is 12.1. The molecule has 6 heteroatoms. The number of hydrogen-bond donors (Lipinski definition) is 1. The molecule has 3 nitrogen and oxygen atoms in total. The quantitative estimate of drug-likeness (QED) is 0.719. The number of nitrogens with zero attached hydrogens (tertiary/aromatic N) is 1. The Morgan fingerprint density at radius 2 is 1.62 bits per heavy atom. The van der Waals surface area contributed by atoms with Crippen molar-refractivity contribution in [3.63, 3.8) is 0 Å². The minimum Gasteiger partial charge on any atom is -0.367 e. The smallest absolute Gasteiger partial charge is 0.230 e. The van der Waals surface area contributed by atoms with Crippen LogP contribution in [0.15, 0.2) is 47.0 Å². The molecule has 2 N–H and O–H groups in total. The van der Waals surface area contributed by atoms with Gasteiger partial charge in [-0.05, 0) is 42.0 Å². The van der Waals surface area contributed by atoms with Crippen molar-refractivity contribution >= 4 is 29.1 Å². The van der Waals surface area contributed by atoms with Gasteiger partial charge in [0.15, 0.2) is 0 Å². The first-order chi connectivity index (χ1) is 10.1. The molecule has 0 aliphatic carbocycles. The highest BCUT2D eigenvalue weighted by Crippen LogP contribution is 2.38. The van der Waals surface area contributed by atoms with Gasteiger partial charge in [0.1, 0.15) is 11.5 Å². The monoisotopic (exact) mass is 322 g/mol. The molecule has 3 rings (SSSR count). The van der Waals surface area contributed by atoms with Gasteiger partial charge in [0.2, 0.25) is 5.88 Å². The summed E-state index contributed by atoms with van der Waals surface area (Å²) in [5.74, 6) is -0.168. The second-order valence-electron chi connectivity index (χ2n) is 4.41. The van der Waals surface area contributed by atoms with Crippen LogP contribution in [-0.2, 0) is 0 Å². The maximum absolute atomic E-state index is 13.0. The molecule has 0 radical (unpaired) electrons. The third-order valence-corrected chi connectivity index (χ3v) is 3.78. The zero-order valence-electron chi connectivity index (χ0n) is 10.6. The Balaban J connectivity index is 2.16. The van der Waals surface area contributed by atoms with Gasteiger partial charge in [0.25, 0.3) is 0 Å². The first-order valence-electron chi connectivity index (χ1n) is 6.03. The van der Waals surface area contributed by atoms with Gasteiger partial charge < -0.3 is 10.3 Å². The summed E-state index contributed by atoms with van der Waals surface area (Å²) in [5, 5.41) is 4.79. The van der Waals surface area contributed by atoms with Crippen LogP contribution in [-0.4, -0.2) is 5.16 Å². The molecule has 0 amide bonds. The van der Waals surface area contributed by atoms with Crippen molar-refractivity contribution in [2.75, 3.05) is 5.73 Å². The van der Waals surface area contributed by atoms with Crippen LogP contribution in [0.25, 0.3) is 22.4 Å². The van der Waals surface area contributed by atoms with Crippen molar-refractivity contribution in [2.45, 2.75) is 0 Å². The van der Waals surface area contributed by atoms with Crippen molar-refractivity contribution in [2.24, 2.45) is 0 Å². The summed E-state index contributed by atoms with van der Waals surface area (Å²) in [6.07, 6.45) is 0. The number of rotatable bonds is 2. The molecular formula is C15H9Cl2FN2O. The molecular weight excluding hydrogens is 314 g/mol. The Labute approximate surface area is 130 Å². The van der Waals surface area contributed by atoms with Crippen LogP contribution in [0.4, 0.5) is 10.3 Å². The van der Waals surface area contributed by atoms with Crippen LogP contribution in [0.2, 0.25) is 10.0 Å². The van der Waals surface area contributed by atoms with E-state index in [-0.39, 0.29) is 11.7 Å². The van der Waals surface area contributed by atoms with Gasteiger partial charge in [-0.2, -0.15) is 0 Å². The Morgan fingerprint density at radius 1 is 0.952 bits per heavy atom. The lowest BCUT2D eigenvalue weighted by Crippen LogP contribution is -1.88. The lowest BCUT2D eigenvalue weighted by molar-refractivity contribution is 0.439. The van der Waals surface area contributed by atoms with Gasteiger partial charge in [-0.25, -0.2) is 4.39 Å². The Bertz CT molecular complexity index is 800. The van der Waals surface area contributed by atoms with E-state index in [0.717, 1.165) is 5.56 Å². The van der Waals surface area contributed by atoms with Gasteiger partial charge in [-0.15, -0.1) is 0 Å². The number of nitrogens with two attached hydrogens (primary N) is 1. The summed E-state index contributed by atoms with van der Waals surface area (Å²) in [7, 11) is 0. The fourth-order valence-electron chi connectivity index (χ4n) is 2.04. The van der Waals surface area contributed by atoms with E-state index in [9.17, 15) is 4.39 Å². The molecule has 0 fully saturated rings. The highest BCUT2D eigenvalue weighted by atomic mass is 35.5. The van der Waals surface area contributed by atoms with Gasteiger partial charge in [0.05, 0.1) is 15.6 Å². The normalized spacial score (nSPS) is 10.8. The summed E-state index contributed by atoms with van der Waals surface area (Å²) in [6.45, 7) is 0. The number of anilines is 1. The molecule has 3 aromatic rings. The predicted octanol–water partition coefficient (Wildman–Crippen LogP) is 5.04. The molecule has 0 spiro atoms. The zero-order chi connectivity index (χ0) is 15.0. The molecule has 1 heterocycles. The third-order valence-electron chi connectivity index (χ3n) is 3.04. The van der Waals surface area contributed by atoms with Crippen LogP contribution in [0, 0.1) is 5.82 Å². The molecule has 2 aromatic carbocycles. The fourth-order valence-corrected chi connectivity index (χ4v) is 2.34. The van der Waals surface area contributed by atoms with E-state index in [4.69, 9.17) is 33.5 Å². The van der Waals surface area contributed by atoms with E-state index < -0.39 is 0 Å². The van der Waals surface area contributed by atoms with Gasteiger partial charge >= 0.3 is 0 Å². The van der Waals surface area contributed by atoms with Gasteiger partial charge in [0, 0.05) is 5.56 Å². The predicted molar refractivity (Wildman–Crippen MR) is 81.8 cm³/mol. The highest BCUT2D eigenvalue weighted by molar-refractivity contribution is 6.42. The minimum atomic E-state index is -0.327. The van der Waals surface area contributed by atoms with Crippen molar-refractivity contribution in [1.82, 2.24) is 5.16 Å². The lowest BCUT2D eigenvalue weighted by Gasteiger charge is -2.04. The Hall–Kier alpha value is -2.04. The average Bonchev–Trinajstić information content (AvgIpc) is 2.85. The second kappa shape index (κ2) is 5.39. The molecule has 0 saturated carbocycles. The number of nitrogen functional groups attached to an aromatic ring is 1. The van der Waals surface area contributed by atoms with Crippen LogP contribution in [0.3, 0.4) is 0 Å². The summed E-state index contributed by atoms with van der Waals surface area (Å²) in [6, 6.07) is 11.0. The summed E-state index contributed by atoms with van der Waals surface area (Å²) in [4.78, 5) is 0. The molecule has 0 atom stereocenters. The molecule has 1 aromatic heterocycles. The van der Waals surface area contributed by atoms with Crippen LogP contribution in [0.1, 0.15) is 0 Å². The van der Waals surface area contributed by atoms with Gasteiger partial charge in [-0.3, -0.25) is 0 Å². The van der Waals surface area contributed by atoms with Crippen LogP contribution >= 0.6 is 23.2 Å².